The van der Waals surface area contributed by atoms with Gasteiger partial charge in [0.1, 0.15) is 18.1 Å². The number of fused-ring (bicyclic) bond motifs is 3. The highest BCUT2D eigenvalue weighted by molar-refractivity contribution is 6.34. The summed E-state index contributed by atoms with van der Waals surface area (Å²) in [6, 6.07) is 16.2. The van der Waals surface area contributed by atoms with E-state index >= 15 is 0 Å². The molecule has 0 atom stereocenters. The average Bonchev–Trinajstić information content (AvgIpc) is 2.97. The Morgan fingerprint density at radius 2 is 1.33 bits per heavy atom. The van der Waals surface area contributed by atoms with Crippen molar-refractivity contribution in [3.63, 3.8) is 0 Å². The topological polar surface area (TPSA) is 277 Å². The second-order valence-electron chi connectivity index (χ2n) is 20.1. The third-order valence-corrected chi connectivity index (χ3v) is 14.2. The van der Waals surface area contributed by atoms with Crippen LogP contribution in [0.2, 0.25) is 10.0 Å². The lowest BCUT2D eigenvalue weighted by molar-refractivity contribution is -0.140. The van der Waals surface area contributed by atoms with E-state index in [2.05, 4.69) is 15.5 Å². The van der Waals surface area contributed by atoms with E-state index < -0.39 is 17.5 Å². The predicted octanol–water partition coefficient (Wildman–Crippen LogP) is 4.27. The Morgan fingerprint density at radius 1 is 0.744 bits per heavy atom. The van der Waals surface area contributed by atoms with Crippen molar-refractivity contribution in [1.29, 1.82) is 0 Å². The zero-order valence-electron chi connectivity index (χ0n) is 46.9. The van der Waals surface area contributed by atoms with E-state index in [4.69, 9.17) is 66.6 Å². The number of aliphatic carboxylic acids is 2. The Balaban J connectivity index is 0.00000352. The Hall–Kier alpha value is -6.45. The molecule has 26 heteroatoms. The smallest absolute Gasteiger partial charge is 0.317 e. The summed E-state index contributed by atoms with van der Waals surface area (Å²) in [5.41, 5.74) is 4.18. The Bertz CT molecular complexity index is 2780. The van der Waals surface area contributed by atoms with Gasteiger partial charge >= 0.3 is 11.9 Å². The van der Waals surface area contributed by atoms with Gasteiger partial charge in [0.05, 0.1) is 103 Å². The minimum atomic E-state index is -0.965. The van der Waals surface area contributed by atoms with Gasteiger partial charge in [-0.05, 0) is 62.4 Å². The molecule has 2 saturated heterocycles. The number of morpholine rings is 1. The number of methoxy groups -OCH3 is 1. The van der Waals surface area contributed by atoms with Gasteiger partial charge in [-0.25, -0.2) is 4.68 Å². The molecule has 82 heavy (non-hydrogen) atoms. The third-order valence-electron chi connectivity index (χ3n) is 13.8. The number of carboxylic acids is 2. The van der Waals surface area contributed by atoms with E-state index in [1.165, 1.54) is 0 Å². The van der Waals surface area contributed by atoms with Gasteiger partial charge in [0.15, 0.2) is 5.69 Å². The van der Waals surface area contributed by atoms with Crippen molar-refractivity contribution in [2.75, 3.05) is 157 Å². The molecule has 448 valence electrons. The van der Waals surface area contributed by atoms with Gasteiger partial charge < -0.3 is 64.2 Å². The molecule has 24 nitrogen and oxygen atoms in total. The SMILES string of the molecule is CCN1CCN(CC(=O)O)CCN(CC(=O)O)CCN(CC(=O)NCCOCCOCCOCCC(=O)Nc2cccc(-c3cc4c(cc3OC)OCc3c(C(=O)N5CCOCC5(C)C)nn(-c5cc(Cl)cc(Cl)c5)c3-4)c2)CC1.O=CO. The highest BCUT2D eigenvalue weighted by atomic mass is 35.5. The van der Waals surface area contributed by atoms with Gasteiger partial charge in [-0.3, -0.25) is 43.5 Å². The summed E-state index contributed by atoms with van der Waals surface area (Å²) < 4.78 is 36.6. The summed E-state index contributed by atoms with van der Waals surface area (Å²) >= 11 is 13.0. The number of hydrogen-bond donors (Lipinski definition) is 5. The minimum absolute atomic E-state index is 0.0772. The van der Waals surface area contributed by atoms with Crippen LogP contribution in [-0.2, 0) is 49.5 Å². The lowest BCUT2D eigenvalue weighted by Crippen LogP contribution is -2.55. The highest BCUT2D eigenvalue weighted by Gasteiger charge is 2.39. The van der Waals surface area contributed by atoms with Crippen LogP contribution in [0.15, 0.2) is 54.6 Å². The summed E-state index contributed by atoms with van der Waals surface area (Å²) in [4.78, 5) is 81.4. The largest absolute Gasteiger partial charge is 0.496 e. The molecule has 3 aromatic carbocycles. The number of carbonyl (C=O) groups excluding carboxylic acids is 3. The first-order chi connectivity index (χ1) is 39.4. The molecular formula is C56H75Cl2N9O15. The van der Waals surface area contributed by atoms with Crippen LogP contribution in [0.1, 0.15) is 43.2 Å². The molecule has 0 radical (unpaired) electrons. The fourth-order valence-electron chi connectivity index (χ4n) is 9.62. The second-order valence-corrected chi connectivity index (χ2v) is 21.0. The number of likely N-dealkylation sites (N-methyl/N-ethyl adjacent to an activating group) is 1. The fraction of sp³-hybridized carbons (Fsp3) is 0.518. The number of aromatic nitrogens is 2. The quantitative estimate of drug-likeness (QED) is 0.0484. The first-order valence-electron chi connectivity index (χ1n) is 27.1. The zero-order chi connectivity index (χ0) is 59.2. The van der Waals surface area contributed by atoms with Crippen LogP contribution in [0.3, 0.4) is 0 Å². The number of nitrogens with one attached hydrogen (secondary N) is 2. The van der Waals surface area contributed by atoms with Gasteiger partial charge in [0.25, 0.3) is 12.4 Å². The molecule has 1 aromatic heterocycles. The summed E-state index contributed by atoms with van der Waals surface area (Å²) in [6.45, 7) is 13.8. The molecule has 3 aliphatic rings. The molecule has 0 unspecified atom stereocenters. The Kier molecular flexibility index (Phi) is 25.6. The van der Waals surface area contributed by atoms with E-state index in [9.17, 15) is 34.2 Å². The van der Waals surface area contributed by atoms with Crippen LogP contribution in [0, 0.1) is 0 Å². The molecule has 3 aliphatic heterocycles. The third kappa shape index (κ3) is 19.3. The Morgan fingerprint density at radius 3 is 1.91 bits per heavy atom. The summed E-state index contributed by atoms with van der Waals surface area (Å²) in [6.07, 6.45) is 0.106. The predicted molar refractivity (Wildman–Crippen MR) is 305 cm³/mol. The number of anilines is 1. The summed E-state index contributed by atoms with van der Waals surface area (Å²) in [7, 11) is 1.57. The van der Waals surface area contributed by atoms with Crippen molar-refractivity contribution in [3.05, 3.63) is 75.9 Å². The van der Waals surface area contributed by atoms with Crippen molar-refractivity contribution in [2.45, 2.75) is 39.3 Å². The highest BCUT2D eigenvalue weighted by Crippen LogP contribution is 2.47. The summed E-state index contributed by atoms with van der Waals surface area (Å²) in [5, 5.41) is 37.3. The van der Waals surface area contributed by atoms with Crippen molar-refractivity contribution >= 4 is 65.0 Å². The monoisotopic (exact) mass is 1180 g/mol. The van der Waals surface area contributed by atoms with Crippen LogP contribution >= 0.6 is 23.2 Å². The van der Waals surface area contributed by atoms with E-state index in [1.807, 2.05) is 54.8 Å². The molecule has 4 heterocycles. The van der Waals surface area contributed by atoms with Crippen molar-refractivity contribution in [2.24, 2.45) is 0 Å². The van der Waals surface area contributed by atoms with E-state index in [0.717, 1.165) is 12.1 Å². The van der Waals surface area contributed by atoms with Crippen LogP contribution < -0.4 is 20.1 Å². The van der Waals surface area contributed by atoms with Gasteiger partial charge in [-0.15, -0.1) is 0 Å². The van der Waals surface area contributed by atoms with Gasteiger partial charge in [0, 0.05) is 104 Å². The number of benzene rings is 3. The van der Waals surface area contributed by atoms with Crippen LogP contribution in [0.4, 0.5) is 5.69 Å². The molecular weight excluding hydrogens is 1110 g/mol. The first kappa shape index (κ1) is 64.7. The molecule has 0 bridgehead atoms. The van der Waals surface area contributed by atoms with Crippen LogP contribution in [0.5, 0.6) is 11.5 Å². The van der Waals surface area contributed by atoms with Crippen molar-refractivity contribution < 1.29 is 72.5 Å². The maximum atomic E-state index is 14.4. The number of halogens is 2. The van der Waals surface area contributed by atoms with E-state index in [-0.39, 0.29) is 82.4 Å². The number of amides is 3. The standard InChI is InChI=1S/C55H73Cl2N9O13.CH2O2/c1-5-61-11-13-62(15-16-64(35-51(71)72)18-17-63(14-12-61)34-50(69)70)33-49(68)58-10-21-76-24-26-77-25-23-75-20-9-48(67)59-41-8-6-7-38(27-41)43-31-44-47(32-46(43)74-4)79-36-45-52(54(73)65-19-22-78-37-55(65,2)3)60-66(53(44)45)42-29-39(56)28-40(57)30-42;2-1-3/h6-8,27-32H,5,9-26,33-37H2,1-4H3,(H,58,68)(H,59,67)(H,69,70)(H,71,72);1H,(H,2,3). The number of carboxylic acid groups (broad SMARTS) is 3. The van der Waals surface area contributed by atoms with Crippen molar-refractivity contribution in [3.8, 4) is 39.6 Å². The van der Waals surface area contributed by atoms with Gasteiger partial charge in [-0.2, -0.15) is 5.10 Å². The minimum Gasteiger partial charge on any atom is -0.496 e. The average molecular weight is 1190 g/mol. The number of ether oxygens (including phenoxy) is 6. The molecule has 0 aliphatic carbocycles. The number of carbonyl (C=O) groups is 6. The van der Waals surface area contributed by atoms with E-state index in [0.29, 0.717) is 154 Å². The Labute approximate surface area is 487 Å². The maximum absolute atomic E-state index is 14.4. The molecule has 0 saturated carbocycles. The first-order valence-corrected chi connectivity index (χ1v) is 27.8. The van der Waals surface area contributed by atoms with Crippen molar-refractivity contribution in [1.82, 2.24) is 39.6 Å². The second kappa shape index (κ2) is 32.4. The number of nitrogens with zero attached hydrogens (tertiary/aromatic N) is 7. The number of rotatable bonds is 24. The van der Waals surface area contributed by atoms with Crippen LogP contribution in [0.25, 0.3) is 28.1 Å². The molecule has 7 rings (SSSR count). The molecule has 3 amide bonds. The lowest BCUT2D eigenvalue weighted by Gasteiger charge is -2.41. The normalized spacial score (nSPS) is 16.2. The van der Waals surface area contributed by atoms with E-state index in [1.54, 1.807) is 51.9 Å². The fourth-order valence-corrected chi connectivity index (χ4v) is 10.1. The lowest BCUT2D eigenvalue weighted by atomic mass is 9.95. The zero-order valence-corrected chi connectivity index (χ0v) is 48.4. The molecule has 5 N–H and O–H groups in total. The molecule has 0 spiro atoms. The van der Waals surface area contributed by atoms with Gasteiger partial charge in [0.2, 0.25) is 11.8 Å². The van der Waals surface area contributed by atoms with Crippen LogP contribution in [-0.4, -0.2) is 243 Å². The number of hydrogen-bond acceptors (Lipinski definition) is 17. The maximum Gasteiger partial charge on any atom is 0.317 e. The molecule has 4 aromatic rings. The van der Waals surface area contributed by atoms with Gasteiger partial charge in [-0.1, -0.05) is 42.3 Å². The molecule has 2 fully saturated rings. The summed E-state index contributed by atoms with van der Waals surface area (Å²) in [5.74, 6) is -1.48.